The highest BCUT2D eigenvalue weighted by Crippen LogP contribution is 2.23. The molecular formula is C14H20N2O6S2. The zero-order valence-corrected chi connectivity index (χ0v) is 15.0. The topological polar surface area (TPSA) is 111 Å². The van der Waals surface area contributed by atoms with Gasteiger partial charge in [-0.2, -0.15) is 0 Å². The van der Waals surface area contributed by atoms with Crippen molar-refractivity contribution in [3.8, 4) is 0 Å². The summed E-state index contributed by atoms with van der Waals surface area (Å²) in [6.45, 7) is 6.61. The lowest BCUT2D eigenvalue weighted by Gasteiger charge is -2.17. The van der Waals surface area contributed by atoms with Crippen molar-refractivity contribution < 1.29 is 28.7 Å². The SMILES string of the molecule is C=CC(=O)NC(CSSCC(NC(=O)C=C)C(=O)OC)C(=O)OC. The molecule has 0 saturated heterocycles. The maximum atomic E-state index is 11.6. The van der Waals surface area contributed by atoms with Crippen molar-refractivity contribution >= 4 is 45.3 Å². The summed E-state index contributed by atoms with van der Waals surface area (Å²) >= 11 is 0. The van der Waals surface area contributed by atoms with Crippen molar-refractivity contribution in [3.63, 3.8) is 0 Å². The van der Waals surface area contributed by atoms with Gasteiger partial charge in [-0.25, -0.2) is 9.59 Å². The zero-order chi connectivity index (χ0) is 18.5. The van der Waals surface area contributed by atoms with E-state index in [2.05, 4.69) is 33.3 Å². The Kier molecular flexibility index (Phi) is 11.5. The van der Waals surface area contributed by atoms with Gasteiger partial charge in [0.05, 0.1) is 14.2 Å². The lowest BCUT2D eigenvalue weighted by molar-refractivity contribution is -0.144. The molecule has 2 N–H and O–H groups in total. The molecule has 0 bridgehead atoms. The lowest BCUT2D eigenvalue weighted by Crippen LogP contribution is -2.43. The van der Waals surface area contributed by atoms with Gasteiger partial charge < -0.3 is 20.1 Å². The Hall–Kier alpha value is -1.94. The first-order valence-electron chi connectivity index (χ1n) is 6.65. The maximum Gasteiger partial charge on any atom is 0.329 e. The van der Waals surface area contributed by atoms with Crippen molar-refractivity contribution in [2.45, 2.75) is 12.1 Å². The highest BCUT2D eigenvalue weighted by Gasteiger charge is 2.23. The maximum absolute atomic E-state index is 11.6. The number of methoxy groups -OCH3 is 2. The molecule has 0 aromatic heterocycles. The Morgan fingerprint density at radius 1 is 0.875 bits per heavy atom. The predicted octanol–water partition coefficient (Wildman–Crippen LogP) is 0.0554. The van der Waals surface area contributed by atoms with Gasteiger partial charge in [0.15, 0.2) is 0 Å². The molecule has 0 fully saturated rings. The molecule has 10 heteroatoms. The fourth-order valence-corrected chi connectivity index (χ4v) is 3.61. The summed E-state index contributed by atoms with van der Waals surface area (Å²) in [4.78, 5) is 45.8. The van der Waals surface area contributed by atoms with E-state index in [1.54, 1.807) is 0 Å². The second-order valence-electron chi connectivity index (χ2n) is 4.15. The fraction of sp³-hybridized carbons (Fsp3) is 0.429. The van der Waals surface area contributed by atoms with E-state index in [0.29, 0.717) is 0 Å². The van der Waals surface area contributed by atoms with Crippen LogP contribution in [0.25, 0.3) is 0 Å². The van der Waals surface area contributed by atoms with E-state index in [0.717, 1.165) is 12.2 Å². The van der Waals surface area contributed by atoms with E-state index in [1.165, 1.54) is 35.8 Å². The lowest BCUT2D eigenvalue weighted by atomic mass is 10.3. The van der Waals surface area contributed by atoms with E-state index in [1.807, 2.05) is 0 Å². The Labute approximate surface area is 148 Å². The van der Waals surface area contributed by atoms with Crippen LogP contribution < -0.4 is 10.6 Å². The van der Waals surface area contributed by atoms with E-state index in [4.69, 9.17) is 0 Å². The van der Waals surface area contributed by atoms with Crippen LogP contribution >= 0.6 is 21.6 Å². The van der Waals surface area contributed by atoms with Crippen LogP contribution in [0.3, 0.4) is 0 Å². The van der Waals surface area contributed by atoms with E-state index in [-0.39, 0.29) is 11.5 Å². The third-order valence-electron chi connectivity index (χ3n) is 2.53. The number of hydrogen-bond donors (Lipinski definition) is 2. The van der Waals surface area contributed by atoms with E-state index < -0.39 is 35.8 Å². The molecule has 0 spiro atoms. The number of ether oxygens (including phenoxy) is 2. The number of amides is 2. The quantitative estimate of drug-likeness (QED) is 0.225. The molecule has 8 nitrogen and oxygen atoms in total. The van der Waals surface area contributed by atoms with Gasteiger partial charge in [0.1, 0.15) is 12.1 Å². The first kappa shape index (κ1) is 22.1. The smallest absolute Gasteiger partial charge is 0.329 e. The van der Waals surface area contributed by atoms with Crippen LogP contribution in [0.5, 0.6) is 0 Å². The molecular weight excluding hydrogens is 356 g/mol. The number of esters is 2. The zero-order valence-electron chi connectivity index (χ0n) is 13.4. The van der Waals surface area contributed by atoms with Crippen LogP contribution in [0.1, 0.15) is 0 Å². The second kappa shape index (κ2) is 12.5. The predicted molar refractivity (Wildman–Crippen MR) is 93.2 cm³/mol. The average molecular weight is 376 g/mol. The fourth-order valence-electron chi connectivity index (χ4n) is 1.32. The number of hydrogen-bond acceptors (Lipinski definition) is 8. The normalized spacial score (nSPS) is 12.2. The minimum absolute atomic E-state index is 0.209. The van der Waals surface area contributed by atoms with Crippen LogP contribution in [-0.2, 0) is 28.7 Å². The summed E-state index contributed by atoms with van der Waals surface area (Å²) in [6, 6.07) is -1.70. The molecule has 134 valence electrons. The number of carbonyl (C=O) groups is 4. The number of rotatable bonds is 11. The van der Waals surface area contributed by atoms with Crippen LogP contribution in [0.4, 0.5) is 0 Å². The molecule has 0 aliphatic rings. The molecule has 0 saturated carbocycles. The molecule has 0 aliphatic heterocycles. The third kappa shape index (κ3) is 8.63. The second-order valence-corrected chi connectivity index (χ2v) is 6.70. The van der Waals surface area contributed by atoms with Gasteiger partial charge in [-0.15, -0.1) is 0 Å². The molecule has 2 atom stereocenters. The molecule has 2 unspecified atom stereocenters. The standard InChI is InChI=1S/C14H20N2O6S2/c1-5-11(17)15-9(13(19)21-3)7-23-24-8-10(14(20)22-4)16-12(18)6-2/h5-6,9-10H,1-2,7-8H2,3-4H3,(H,15,17)(H,16,18). The summed E-state index contributed by atoms with van der Waals surface area (Å²) in [5, 5.41) is 4.88. The van der Waals surface area contributed by atoms with Gasteiger partial charge in [0.2, 0.25) is 11.8 Å². The van der Waals surface area contributed by atoms with Gasteiger partial charge in [-0.05, 0) is 12.2 Å². The van der Waals surface area contributed by atoms with Crippen molar-refractivity contribution in [2.24, 2.45) is 0 Å². The van der Waals surface area contributed by atoms with Crippen LogP contribution in [0.2, 0.25) is 0 Å². The molecule has 0 rings (SSSR count). The summed E-state index contributed by atoms with van der Waals surface area (Å²) in [6.07, 6.45) is 2.09. The van der Waals surface area contributed by atoms with Crippen molar-refractivity contribution in [1.29, 1.82) is 0 Å². The minimum Gasteiger partial charge on any atom is -0.467 e. The Morgan fingerprint density at radius 3 is 1.46 bits per heavy atom. The van der Waals surface area contributed by atoms with Gasteiger partial charge in [0.25, 0.3) is 0 Å². The van der Waals surface area contributed by atoms with Crippen molar-refractivity contribution in [3.05, 3.63) is 25.3 Å². The average Bonchev–Trinajstić information content (AvgIpc) is 2.60. The first-order chi connectivity index (χ1) is 11.4. The highest BCUT2D eigenvalue weighted by atomic mass is 33.1. The summed E-state index contributed by atoms with van der Waals surface area (Å²) < 4.78 is 9.21. The van der Waals surface area contributed by atoms with Crippen molar-refractivity contribution in [2.75, 3.05) is 25.7 Å². The number of nitrogens with one attached hydrogen (secondary N) is 2. The monoisotopic (exact) mass is 376 g/mol. The molecule has 0 aliphatic carbocycles. The van der Waals surface area contributed by atoms with Crippen molar-refractivity contribution in [1.82, 2.24) is 10.6 Å². The van der Waals surface area contributed by atoms with E-state index in [9.17, 15) is 19.2 Å². The summed E-state index contributed by atoms with van der Waals surface area (Å²) in [7, 11) is 4.89. The third-order valence-corrected chi connectivity index (χ3v) is 4.95. The Bertz CT molecular complexity index is 454. The minimum atomic E-state index is -0.850. The summed E-state index contributed by atoms with van der Waals surface area (Å²) in [5.74, 6) is -1.77. The molecule has 0 aromatic rings. The number of carbonyl (C=O) groups excluding carboxylic acids is 4. The molecule has 24 heavy (non-hydrogen) atoms. The van der Waals surface area contributed by atoms with Gasteiger partial charge in [-0.1, -0.05) is 34.7 Å². The van der Waals surface area contributed by atoms with Gasteiger partial charge in [0, 0.05) is 11.5 Å². The Morgan fingerprint density at radius 2 is 1.21 bits per heavy atom. The Balaban J connectivity index is 4.50. The molecule has 2 amide bonds. The molecule has 0 radical (unpaired) electrons. The molecule has 0 heterocycles. The summed E-state index contributed by atoms with van der Waals surface area (Å²) in [5.41, 5.74) is 0. The van der Waals surface area contributed by atoms with Gasteiger partial charge >= 0.3 is 11.9 Å². The first-order valence-corrected chi connectivity index (χ1v) is 9.14. The van der Waals surface area contributed by atoms with Gasteiger partial charge in [-0.3, -0.25) is 9.59 Å². The van der Waals surface area contributed by atoms with Crippen LogP contribution in [-0.4, -0.2) is 61.6 Å². The van der Waals surface area contributed by atoms with Crippen LogP contribution in [0.15, 0.2) is 25.3 Å². The van der Waals surface area contributed by atoms with Crippen LogP contribution in [0, 0.1) is 0 Å². The highest BCUT2D eigenvalue weighted by molar-refractivity contribution is 8.76. The largest absolute Gasteiger partial charge is 0.467 e. The van der Waals surface area contributed by atoms with E-state index >= 15 is 0 Å². The molecule has 0 aromatic carbocycles.